The number of nitriles is 1. The number of aryl methyl sites for hydroxylation is 2. The highest BCUT2D eigenvalue weighted by atomic mass is 79.9. The molecule has 8 heteroatoms. The van der Waals surface area contributed by atoms with Gasteiger partial charge in [0.25, 0.3) is 0 Å². The fourth-order valence-electron chi connectivity index (χ4n) is 3.73. The molecule has 3 N–H and O–H groups in total. The number of allylic oxidation sites excluding steroid dienone is 1. The SMILES string of the molecule is CCOc1cc(C2C(C#N)=C(N)Oc3n[nH]c(C)c32)cc(Br)c1OCc1ccc(C)cc1. The molecule has 0 radical (unpaired) electrons. The van der Waals surface area contributed by atoms with Crippen molar-refractivity contribution in [3.63, 3.8) is 0 Å². The van der Waals surface area contributed by atoms with Gasteiger partial charge in [0.05, 0.1) is 17.0 Å². The van der Waals surface area contributed by atoms with Crippen LogP contribution in [0, 0.1) is 25.2 Å². The fourth-order valence-corrected chi connectivity index (χ4v) is 4.30. The van der Waals surface area contributed by atoms with Crippen molar-refractivity contribution in [3.05, 3.63) is 80.3 Å². The first-order valence-electron chi connectivity index (χ1n) is 10.2. The second-order valence-corrected chi connectivity index (χ2v) is 8.38. The first-order valence-corrected chi connectivity index (χ1v) is 11.0. The highest BCUT2D eigenvalue weighted by Crippen LogP contribution is 2.46. The summed E-state index contributed by atoms with van der Waals surface area (Å²) >= 11 is 3.64. The summed E-state index contributed by atoms with van der Waals surface area (Å²) in [5.74, 6) is 1.16. The summed E-state index contributed by atoms with van der Waals surface area (Å²) in [4.78, 5) is 0. The molecule has 0 saturated carbocycles. The number of H-pyrrole nitrogens is 1. The summed E-state index contributed by atoms with van der Waals surface area (Å²) in [6, 6.07) is 14.2. The van der Waals surface area contributed by atoms with Crippen molar-refractivity contribution in [2.75, 3.05) is 6.61 Å². The summed E-state index contributed by atoms with van der Waals surface area (Å²) in [6.07, 6.45) is 0. The lowest BCUT2D eigenvalue weighted by atomic mass is 9.84. The number of aromatic nitrogens is 2. The minimum Gasteiger partial charge on any atom is -0.490 e. The van der Waals surface area contributed by atoms with E-state index in [0.717, 1.165) is 26.9 Å². The standard InChI is InChI=1S/C24H23BrN4O3/c1-4-30-19-10-16(9-18(25)22(19)31-12-15-7-5-13(2)6-8-15)21-17(11-26)23(27)32-24-20(21)14(3)28-29-24/h5-10,21H,4,12,27H2,1-3H3,(H,28,29). The number of fused-ring (bicyclic) bond motifs is 1. The largest absolute Gasteiger partial charge is 0.490 e. The van der Waals surface area contributed by atoms with E-state index >= 15 is 0 Å². The zero-order chi connectivity index (χ0) is 22.8. The molecule has 32 heavy (non-hydrogen) atoms. The van der Waals surface area contributed by atoms with Crippen molar-refractivity contribution in [2.45, 2.75) is 33.3 Å². The van der Waals surface area contributed by atoms with E-state index in [0.29, 0.717) is 36.2 Å². The molecule has 1 unspecified atom stereocenters. The monoisotopic (exact) mass is 494 g/mol. The van der Waals surface area contributed by atoms with Gasteiger partial charge in [0, 0.05) is 11.3 Å². The molecule has 0 saturated heterocycles. The van der Waals surface area contributed by atoms with E-state index in [9.17, 15) is 5.26 Å². The zero-order valence-electron chi connectivity index (χ0n) is 18.0. The number of ether oxygens (including phenoxy) is 3. The summed E-state index contributed by atoms with van der Waals surface area (Å²) in [6.45, 7) is 6.71. The Hall–Kier alpha value is -3.44. The molecule has 0 bridgehead atoms. The number of aromatic amines is 1. The Bertz CT molecular complexity index is 1230. The van der Waals surface area contributed by atoms with Crippen LogP contribution < -0.4 is 19.9 Å². The van der Waals surface area contributed by atoms with Crippen molar-refractivity contribution in [1.82, 2.24) is 10.2 Å². The van der Waals surface area contributed by atoms with Crippen LogP contribution in [0.2, 0.25) is 0 Å². The first kappa shape index (κ1) is 21.8. The quantitative estimate of drug-likeness (QED) is 0.500. The molecule has 1 aliphatic heterocycles. The number of benzene rings is 2. The van der Waals surface area contributed by atoms with Crippen molar-refractivity contribution in [2.24, 2.45) is 5.73 Å². The molecule has 3 aromatic rings. The average molecular weight is 495 g/mol. The summed E-state index contributed by atoms with van der Waals surface area (Å²) < 4.78 is 18.3. The third-order valence-corrected chi connectivity index (χ3v) is 5.89. The van der Waals surface area contributed by atoms with Gasteiger partial charge in [0.2, 0.25) is 11.8 Å². The third-order valence-electron chi connectivity index (χ3n) is 5.30. The molecule has 2 heterocycles. The molecule has 1 atom stereocenters. The van der Waals surface area contributed by atoms with E-state index in [-0.39, 0.29) is 5.88 Å². The van der Waals surface area contributed by atoms with E-state index in [1.165, 1.54) is 5.56 Å². The lowest BCUT2D eigenvalue weighted by Gasteiger charge is -2.25. The number of nitrogens with one attached hydrogen (secondary N) is 1. The van der Waals surface area contributed by atoms with Crippen LogP contribution in [-0.4, -0.2) is 16.8 Å². The van der Waals surface area contributed by atoms with Gasteiger partial charge < -0.3 is 19.9 Å². The van der Waals surface area contributed by atoms with Crippen LogP contribution in [0.5, 0.6) is 17.4 Å². The third kappa shape index (κ3) is 4.04. The minimum absolute atomic E-state index is 0.0466. The van der Waals surface area contributed by atoms with Crippen molar-refractivity contribution < 1.29 is 14.2 Å². The van der Waals surface area contributed by atoms with Gasteiger partial charge in [-0.15, -0.1) is 5.10 Å². The number of hydrogen-bond acceptors (Lipinski definition) is 6. The van der Waals surface area contributed by atoms with Gasteiger partial charge in [-0.3, -0.25) is 5.10 Å². The summed E-state index contributed by atoms with van der Waals surface area (Å²) in [5, 5.41) is 16.9. The maximum atomic E-state index is 9.81. The number of nitrogens with two attached hydrogens (primary N) is 1. The van der Waals surface area contributed by atoms with Gasteiger partial charge in [-0.1, -0.05) is 29.8 Å². The maximum absolute atomic E-state index is 9.81. The molecule has 1 aromatic heterocycles. The van der Waals surface area contributed by atoms with E-state index in [1.54, 1.807) is 0 Å². The van der Waals surface area contributed by atoms with Crippen LogP contribution in [0.15, 0.2) is 52.3 Å². The van der Waals surface area contributed by atoms with Gasteiger partial charge >= 0.3 is 0 Å². The van der Waals surface area contributed by atoms with Crippen LogP contribution in [0.3, 0.4) is 0 Å². The number of rotatable bonds is 6. The lowest BCUT2D eigenvalue weighted by molar-refractivity contribution is 0.267. The van der Waals surface area contributed by atoms with Crippen molar-refractivity contribution >= 4 is 15.9 Å². The van der Waals surface area contributed by atoms with Gasteiger partial charge in [0.1, 0.15) is 18.2 Å². The second-order valence-electron chi connectivity index (χ2n) is 7.53. The predicted octanol–water partition coefficient (Wildman–Crippen LogP) is 4.98. The Kier molecular flexibility index (Phi) is 6.10. The Balaban J connectivity index is 1.75. The molecule has 0 amide bonds. The van der Waals surface area contributed by atoms with E-state index in [2.05, 4.69) is 44.3 Å². The molecule has 0 fully saturated rings. The molecule has 0 spiro atoms. The molecule has 7 nitrogen and oxygen atoms in total. The molecule has 0 aliphatic carbocycles. The average Bonchev–Trinajstić information content (AvgIpc) is 3.13. The molecule has 4 rings (SSSR count). The Morgan fingerprint density at radius 1 is 1.22 bits per heavy atom. The van der Waals surface area contributed by atoms with Crippen LogP contribution in [-0.2, 0) is 6.61 Å². The molecule has 164 valence electrons. The molecule has 1 aliphatic rings. The van der Waals surface area contributed by atoms with Gasteiger partial charge in [0.15, 0.2) is 11.5 Å². The normalized spacial score (nSPS) is 15.0. The minimum atomic E-state index is -0.441. The highest BCUT2D eigenvalue weighted by molar-refractivity contribution is 9.10. The fraction of sp³-hybridized carbons (Fsp3) is 0.250. The highest BCUT2D eigenvalue weighted by Gasteiger charge is 2.35. The van der Waals surface area contributed by atoms with Crippen LogP contribution in [0.4, 0.5) is 0 Å². The molecule has 2 aromatic carbocycles. The van der Waals surface area contributed by atoms with E-state index in [4.69, 9.17) is 19.9 Å². The number of hydrogen-bond donors (Lipinski definition) is 2. The Labute approximate surface area is 194 Å². The van der Waals surface area contributed by atoms with Gasteiger partial charge in [-0.2, -0.15) is 5.26 Å². The predicted molar refractivity (Wildman–Crippen MR) is 123 cm³/mol. The smallest absolute Gasteiger partial charge is 0.244 e. The Morgan fingerprint density at radius 3 is 2.66 bits per heavy atom. The van der Waals surface area contributed by atoms with Crippen molar-refractivity contribution in [3.8, 4) is 23.4 Å². The summed E-state index contributed by atoms with van der Waals surface area (Å²) in [7, 11) is 0. The van der Waals surface area contributed by atoms with Crippen molar-refractivity contribution in [1.29, 1.82) is 5.26 Å². The van der Waals surface area contributed by atoms with E-state index in [1.807, 2.05) is 45.0 Å². The Morgan fingerprint density at radius 2 is 1.97 bits per heavy atom. The van der Waals surface area contributed by atoms with E-state index < -0.39 is 5.92 Å². The second kappa shape index (κ2) is 8.97. The van der Waals surface area contributed by atoms with Crippen LogP contribution in [0.1, 0.15) is 40.8 Å². The first-order chi connectivity index (χ1) is 15.4. The van der Waals surface area contributed by atoms with Gasteiger partial charge in [-0.05, 0) is 60.0 Å². The molecular weight excluding hydrogens is 472 g/mol. The number of halogens is 1. The van der Waals surface area contributed by atoms with Crippen LogP contribution in [0.25, 0.3) is 0 Å². The van der Waals surface area contributed by atoms with Gasteiger partial charge in [-0.25, -0.2) is 0 Å². The zero-order valence-corrected chi connectivity index (χ0v) is 19.6. The molecular formula is C24H23BrN4O3. The summed E-state index contributed by atoms with van der Waals surface area (Å²) in [5.41, 5.74) is 11.0. The number of nitrogens with zero attached hydrogens (tertiary/aromatic N) is 2. The lowest BCUT2D eigenvalue weighted by Crippen LogP contribution is -2.21. The van der Waals surface area contributed by atoms with Crippen LogP contribution >= 0.6 is 15.9 Å². The maximum Gasteiger partial charge on any atom is 0.244 e. The topological polar surface area (TPSA) is 106 Å².